The van der Waals surface area contributed by atoms with Crippen LogP contribution in [-0.4, -0.2) is 14.5 Å². The summed E-state index contributed by atoms with van der Waals surface area (Å²) in [5.41, 5.74) is 9.14. The zero-order chi connectivity index (χ0) is 34.6. The van der Waals surface area contributed by atoms with E-state index in [0.29, 0.717) is 5.82 Å². The van der Waals surface area contributed by atoms with Gasteiger partial charge in [-0.2, -0.15) is 0 Å². The lowest BCUT2D eigenvalue weighted by atomic mass is 9.99. The molecule has 0 atom stereocenters. The molecule has 0 amide bonds. The Morgan fingerprint density at radius 2 is 1.17 bits per heavy atom. The highest BCUT2D eigenvalue weighted by atomic mass is 32.1. The first-order valence-corrected chi connectivity index (χ1v) is 18.6. The van der Waals surface area contributed by atoms with Gasteiger partial charge in [0.1, 0.15) is 11.2 Å². The lowest BCUT2D eigenvalue weighted by Gasteiger charge is -2.11. The fraction of sp³-hybridized carbons (Fsp3) is 0. The molecule has 0 fully saturated rings. The summed E-state index contributed by atoms with van der Waals surface area (Å²) < 4.78 is 11.5. The molecule has 0 aliphatic heterocycles. The molecule has 0 saturated heterocycles. The third kappa shape index (κ3) is 4.17. The number of hydrogen-bond acceptors (Lipinski definition) is 4. The van der Waals surface area contributed by atoms with Gasteiger partial charge in [0.05, 0.1) is 26.9 Å². The van der Waals surface area contributed by atoms with Crippen molar-refractivity contribution in [3.63, 3.8) is 0 Å². The van der Waals surface area contributed by atoms with Gasteiger partial charge in [-0.05, 0) is 58.6 Å². The molecular formula is C48H27N3OS. The average molecular weight is 694 g/mol. The quantitative estimate of drug-likeness (QED) is 0.185. The molecule has 5 heteroatoms. The van der Waals surface area contributed by atoms with Crippen LogP contribution in [0.4, 0.5) is 0 Å². The Hall–Kier alpha value is -6.82. The van der Waals surface area contributed by atoms with Crippen molar-refractivity contribution in [3.05, 3.63) is 164 Å². The molecule has 0 radical (unpaired) electrons. The van der Waals surface area contributed by atoms with Gasteiger partial charge in [0.15, 0.2) is 5.82 Å². The second kappa shape index (κ2) is 10.8. The molecule has 4 nitrogen and oxygen atoms in total. The van der Waals surface area contributed by atoms with Gasteiger partial charge < -0.3 is 8.98 Å². The molecule has 0 saturated carbocycles. The van der Waals surface area contributed by atoms with Gasteiger partial charge in [-0.15, -0.1) is 11.3 Å². The van der Waals surface area contributed by atoms with Crippen molar-refractivity contribution in [2.75, 3.05) is 0 Å². The molecule has 0 N–H and O–H groups in total. The van der Waals surface area contributed by atoms with E-state index in [9.17, 15) is 0 Å². The SMILES string of the molecule is c1ccc2cc(-c3nc(-c4cc5c6ccc(-n7c8ccccc8c8ccccc87)cc6oc5c5ccccc45)nc4c3sc3ccccc34)ccc2c1. The first-order chi connectivity index (χ1) is 26.3. The van der Waals surface area contributed by atoms with Crippen molar-refractivity contribution in [3.8, 4) is 28.3 Å². The highest BCUT2D eigenvalue weighted by molar-refractivity contribution is 7.26. The van der Waals surface area contributed by atoms with E-state index in [-0.39, 0.29) is 0 Å². The molecule has 12 rings (SSSR count). The second-order valence-electron chi connectivity index (χ2n) is 13.7. The van der Waals surface area contributed by atoms with Crippen molar-refractivity contribution >= 4 is 96.9 Å². The second-order valence-corrected chi connectivity index (χ2v) is 14.8. The Morgan fingerprint density at radius 1 is 0.491 bits per heavy atom. The number of furan rings is 1. The van der Waals surface area contributed by atoms with Crippen LogP contribution in [0, 0.1) is 0 Å². The predicted molar refractivity (Wildman–Crippen MR) is 222 cm³/mol. The van der Waals surface area contributed by atoms with Crippen LogP contribution >= 0.6 is 11.3 Å². The van der Waals surface area contributed by atoms with Crippen molar-refractivity contribution in [1.29, 1.82) is 0 Å². The van der Waals surface area contributed by atoms with E-state index in [2.05, 4.69) is 168 Å². The van der Waals surface area contributed by atoms with Crippen LogP contribution in [0.15, 0.2) is 168 Å². The fourth-order valence-electron chi connectivity index (χ4n) is 8.36. The summed E-state index contributed by atoms with van der Waals surface area (Å²) in [7, 11) is 0. The number of benzene rings is 8. The van der Waals surface area contributed by atoms with Crippen LogP contribution in [0.3, 0.4) is 0 Å². The van der Waals surface area contributed by atoms with E-state index in [0.717, 1.165) is 70.8 Å². The molecule has 53 heavy (non-hydrogen) atoms. The molecule has 4 heterocycles. The Kier molecular flexibility index (Phi) is 5.90. The molecule has 0 spiro atoms. The summed E-state index contributed by atoms with van der Waals surface area (Å²) in [5, 5.41) is 10.2. The number of para-hydroxylation sites is 2. The smallest absolute Gasteiger partial charge is 0.161 e. The third-order valence-corrected chi connectivity index (χ3v) is 12.0. The van der Waals surface area contributed by atoms with E-state index >= 15 is 0 Å². The van der Waals surface area contributed by atoms with E-state index in [1.165, 1.54) is 37.3 Å². The molecule has 8 aromatic carbocycles. The highest BCUT2D eigenvalue weighted by Crippen LogP contribution is 2.44. The third-order valence-electron chi connectivity index (χ3n) is 10.8. The summed E-state index contributed by atoms with van der Waals surface area (Å²) in [5.74, 6) is 0.707. The number of nitrogens with zero attached hydrogens (tertiary/aromatic N) is 3. The van der Waals surface area contributed by atoms with Gasteiger partial charge in [0.2, 0.25) is 0 Å². The zero-order valence-corrected chi connectivity index (χ0v) is 29.1. The van der Waals surface area contributed by atoms with Crippen LogP contribution < -0.4 is 0 Å². The summed E-state index contributed by atoms with van der Waals surface area (Å²) in [6.45, 7) is 0. The normalized spacial score (nSPS) is 12.2. The monoisotopic (exact) mass is 693 g/mol. The van der Waals surface area contributed by atoms with Gasteiger partial charge in [-0.1, -0.05) is 115 Å². The molecule has 4 aromatic heterocycles. The summed E-state index contributed by atoms with van der Waals surface area (Å²) in [4.78, 5) is 10.8. The maximum atomic E-state index is 6.82. The van der Waals surface area contributed by atoms with Gasteiger partial charge in [-0.25, -0.2) is 9.97 Å². The number of thiophene rings is 1. The molecule has 246 valence electrons. The summed E-state index contributed by atoms with van der Waals surface area (Å²) in [6.07, 6.45) is 0. The minimum atomic E-state index is 0.707. The van der Waals surface area contributed by atoms with Crippen LogP contribution in [0.5, 0.6) is 0 Å². The Balaban J connectivity index is 1.12. The van der Waals surface area contributed by atoms with Gasteiger partial charge in [-0.3, -0.25) is 0 Å². The minimum Gasteiger partial charge on any atom is -0.455 e. The van der Waals surface area contributed by atoms with Crippen molar-refractivity contribution in [2.45, 2.75) is 0 Å². The zero-order valence-electron chi connectivity index (χ0n) is 28.2. The van der Waals surface area contributed by atoms with Gasteiger partial charge in [0.25, 0.3) is 0 Å². The lowest BCUT2D eigenvalue weighted by Crippen LogP contribution is -1.95. The molecule has 0 aliphatic rings. The molecule has 12 aromatic rings. The Morgan fingerprint density at radius 3 is 1.98 bits per heavy atom. The van der Waals surface area contributed by atoms with Crippen LogP contribution in [0.2, 0.25) is 0 Å². The predicted octanol–water partition coefficient (Wildman–Crippen LogP) is 13.5. The van der Waals surface area contributed by atoms with Gasteiger partial charge in [0, 0.05) is 59.9 Å². The standard InChI is InChI=1S/C48H27N3OS/c1-2-12-29-25-30(22-21-28(29)11-1)44-47-45(37-17-7-10-20-43(37)53-47)50-48(49-44)39-27-38-35-24-23-31(26-42(35)52-46(38)36-16-4-3-13-32(36)39)51-40-18-8-5-14-33(40)34-15-6-9-19-41(34)51/h1-27H. The maximum Gasteiger partial charge on any atom is 0.161 e. The van der Waals surface area contributed by atoms with Crippen molar-refractivity contribution in [2.24, 2.45) is 0 Å². The first-order valence-electron chi connectivity index (χ1n) is 17.8. The summed E-state index contributed by atoms with van der Waals surface area (Å²) >= 11 is 1.76. The van der Waals surface area contributed by atoms with Gasteiger partial charge >= 0.3 is 0 Å². The molecule has 0 unspecified atom stereocenters. The molecule has 0 aliphatic carbocycles. The topological polar surface area (TPSA) is 43.9 Å². The van der Waals surface area contributed by atoms with Crippen LogP contribution in [0.25, 0.3) is 114 Å². The number of rotatable bonds is 3. The van der Waals surface area contributed by atoms with E-state index in [4.69, 9.17) is 14.4 Å². The van der Waals surface area contributed by atoms with E-state index in [1.54, 1.807) is 11.3 Å². The lowest BCUT2D eigenvalue weighted by molar-refractivity contribution is 0.672. The van der Waals surface area contributed by atoms with Crippen molar-refractivity contribution in [1.82, 2.24) is 14.5 Å². The maximum absolute atomic E-state index is 6.82. The van der Waals surface area contributed by atoms with Crippen LogP contribution in [0.1, 0.15) is 0 Å². The molecular weight excluding hydrogens is 667 g/mol. The highest BCUT2D eigenvalue weighted by Gasteiger charge is 2.21. The van der Waals surface area contributed by atoms with Crippen molar-refractivity contribution < 1.29 is 4.42 Å². The van der Waals surface area contributed by atoms with Crippen LogP contribution in [-0.2, 0) is 0 Å². The summed E-state index contributed by atoms with van der Waals surface area (Å²) in [6, 6.07) is 58.2. The Labute approximate surface area is 306 Å². The largest absolute Gasteiger partial charge is 0.455 e. The average Bonchev–Trinajstić information content (AvgIpc) is 3.89. The molecule has 0 bridgehead atoms. The minimum absolute atomic E-state index is 0.707. The number of hydrogen-bond donors (Lipinski definition) is 0. The number of fused-ring (bicyclic) bond motifs is 12. The fourth-order valence-corrected chi connectivity index (χ4v) is 9.51. The van der Waals surface area contributed by atoms with E-state index < -0.39 is 0 Å². The number of aromatic nitrogens is 3. The van der Waals surface area contributed by atoms with E-state index in [1.807, 2.05) is 0 Å². The Bertz CT molecular complexity index is 3420. The first kappa shape index (κ1) is 28.8.